The van der Waals surface area contributed by atoms with E-state index in [9.17, 15) is 14.0 Å². The zero-order chi connectivity index (χ0) is 11.4. The van der Waals surface area contributed by atoms with Crippen molar-refractivity contribution >= 4 is 28.2 Å². The summed E-state index contributed by atoms with van der Waals surface area (Å²) in [6, 6.07) is 2.06. The highest BCUT2D eigenvalue weighted by atomic mass is 79.9. The summed E-state index contributed by atoms with van der Waals surface area (Å²) in [6.45, 7) is 1.84. The fourth-order valence-electron chi connectivity index (χ4n) is 1.05. The molecule has 0 atom stereocenters. The van der Waals surface area contributed by atoms with Crippen molar-refractivity contribution in [1.82, 2.24) is 0 Å². The van der Waals surface area contributed by atoms with Crippen molar-refractivity contribution in [2.75, 3.05) is 6.61 Å². The number of ether oxygens (including phenoxy) is 1. The summed E-state index contributed by atoms with van der Waals surface area (Å²) in [5, 5.41) is 0. The Labute approximate surface area is 94.4 Å². The third kappa shape index (κ3) is 2.62. The molecule has 0 amide bonds. The van der Waals surface area contributed by atoms with Crippen molar-refractivity contribution in [3.63, 3.8) is 0 Å². The van der Waals surface area contributed by atoms with E-state index in [1.807, 2.05) is 0 Å². The van der Waals surface area contributed by atoms with Crippen molar-refractivity contribution < 1.29 is 18.7 Å². The van der Waals surface area contributed by atoms with Crippen LogP contribution in [-0.2, 0) is 4.74 Å². The third-order valence-corrected chi connectivity index (χ3v) is 2.57. The van der Waals surface area contributed by atoms with E-state index in [1.54, 1.807) is 6.92 Å². The highest BCUT2D eigenvalue weighted by Gasteiger charge is 2.15. The maximum atomic E-state index is 13.0. The fraction of sp³-hybridized carbons (Fsp3) is 0.200. The third-order valence-electron chi connectivity index (χ3n) is 1.69. The van der Waals surface area contributed by atoms with E-state index in [1.165, 1.54) is 0 Å². The van der Waals surface area contributed by atoms with Crippen LogP contribution in [-0.4, -0.2) is 18.9 Å². The van der Waals surface area contributed by atoms with Crippen LogP contribution in [0.5, 0.6) is 0 Å². The number of carbonyl (C=O) groups excluding carboxylic acids is 2. The molecule has 0 aliphatic carbocycles. The van der Waals surface area contributed by atoms with Crippen LogP contribution < -0.4 is 0 Å². The number of hydrogen-bond acceptors (Lipinski definition) is 3. The summed E-state index contributed by atoms with van der Waals surface area (Å²) in [7, 11) is 0. The minimum atomic E-state index is -0.660. The average molecular weight is 275 g/mol. The molecule has 1 aromatic carbocycles. The van der Waals surface area contributed by atoms with Gasteiger partial charge < -0.3 is 4.74 Å². The fourth-order valence-corrected chi connectivity index (χ4v) is 1.54. The van der Waals surface area contributed by atoms with Crippen LogP contribution in [0.15, 0.2) is 16.6 Å². The predicted octanol–water partition coefficient (Wildman–Crippen LogP) is 2.58. The molecular formula is C10H8BrFO3. The van der Waals surface area contributed by atoms with E-state index in [0.29, 0.717) is 6.29 Å². The van der Waals surface area contributed by atoms with Gasteiger partial charge in [-0.25, -0.2) is 9.18 Å². The van der Waals surface area contributed by atoms with E-state index >= 15 is 0 Å². The summed E-state index contributed by atoms with van der Waals surface area (Å²) in [5.74, 6) is -1.31. The molecule has 0 heterocycles. The first-order chi connectivity index (χ1) is 7.10. The molecule has 15 heavy (non-hydrogen) atoms. The van der Waals surface area contributed by atoms with Gasteiger partial charge in [-0.15, -0.1) is 0 Å². The van der Waals surface area contributed by atoms with Crippen LogP contribution in [0, 0.1) is 5.82 Å². The maximum Gasteiger partial charge on any atom is 0.339 e. The SMILES string of the molecule is CCOC(=O)c1cc(F)cc(C=O)c1Br. The highest BCUT2D eigenvalue weighted by Crippen LogP contribution is 2.23. The molecule has 0 saturated heterocycles. The zero-order valence-corrected chi connectivity index (χ0v) is 9.51. The molecule has 0 spiro atoms. The Morgan fingerprint density at radius 2 is 2.27 bits per heavy atom. The number of aldehydes is 1. The van der Waals surface area contributed by atoms with Crippen LogP contribution in [0.1, 0.15) is 27.6 Å². The molecular weight excluding hydrogens is 267 g/mol. The Kier molecular flexibility index (Phi) is 3.96. The summed E-state index contributed by atoms with van der Waals surface area (Å²) >= 11 is 3.05. The van der Waals surface area contributed by atoms with Gasteiger partial charge in [0.15, 0.2) is 6.29 Å². The van der Waals surface area contributed by atoms with Crippen LogP contribution in [0.4, 0.5) is 4.39 Å². The topological polar surface area (TPSA) is 43.4 Å². The molecule has 0 radical (unpaired) electrons. The van der Waals surface area contributed by atoms with Gasteiger partial charge in [-0.3, -0.25) is 4.79 Å². The number of rotatable bonds is 3. The molecule has 0 bridgehead atoms. The van der Waals surface area contributed by atoms with E-state index in [4.69, 9.17) is 4.74 Å². The average Bonchev–Trinajstić information content (AvgIpc) is 2.21. The Balaban J connectivity index is 3.22. The van der Waals surface area contributed by atoms with Crippen molar-refractivity contribution in [3.05, 3.63) is 33.5 Å². The molecule has 0 unspecified atom stereocenters. The van der Waals surface area contributed by atoms with Crippen molar-refractivity contribution in [2.24, 2.45) is 0 Å². The van der Waals surface area contributed by atoms with Gasteiger partial charge >= 0.3 is 5.97 Å². The second kappa shape index (κ2) is 5.02. The Morgan fingerprint density at radius 3 is 2.80 bits per heavy atom. The lowest BCUT2D eigenvalue weighted by Crippen LogP contribution is -2.07. The van der Waals surface area contributed by atoms with Crippen molar-refractivity contribution in [2.45, 2.75) is 6.92 Å². The van der Waals surface area contributed by atoms with Crippen LogP contribution >= 0.6 is 15.9 Å². The number of carbonyl (C=O) groups is 2. The van der Waals surface area contributed by atoms with Crippen molar-refractivity contribution in [1.29, 1.82) is 0 Å². The molecule has 0 saturated carbocycles. The van der Waals surface area contributed by atoms with Crippen LogP contribution in [0.25, 0.3) is 0 Å². The van der Waals surface area contributed by atoms with E-state index in [0.717, 1.165) is 12.1 Å². The molecule has 0 fully saturated rings. The Bertz CT molecular complexity index is 404. The normalized spacial score (nSPS) is 9.80. The van der Waals surface area contributed by atoms with E-state index < -0.39 is 11.8 Å². The minimum absolute atomic E-state index is 0.0129. The molecule has 0 aliphatic rings. The second-order valence-electron chi connectivity index (χ2n) is 2.69. The quantitative estimate of drug-likeness (QED) is 0.629. The van der Waals surface area contributed by atoms with Gasteiger partial charge in [-0.1, -0.05) is 0 Å². The molecule has 80 valence electrons. The molecule has 1 aromatic rings. The number of benzene rings is 1. The highest BCUT2D eigenvalue weighted by molar-refractivity contribution is 9.10. The van der Waals surface area contributed by atoms with E-state index in [-0.39, 0.29) is 22.2 Å². The lowest BCUT2D eigenvalue weighted by atomic mass is 10.1. The van der Waals surface area contributed by atoms with E-state index in [2.05, 4.69) is 15.9 Å². The van der Waals surface area contributed by atoms with Gasteiger partial charge in [0.2, 0.25) is 0 Å². The second-order valence-corrected chi connectivity index (χ2v) is 3.49. The lowest BCUT2D eigenvalue weighted by Gasteiger charge is -2.06. The molecule has 1 rings (SSSR count). The summed E-state index contributed by atoms with van der Waals surface area (Å²) in [4.78, 5) is 21.9. The smallest absolute Gasteiger partial charge is 0.339 e. The number of halogens is 2. The molecule has 5 heteroatoms. The molecule has 0 aromatic heterocycles. The van der Waals surface area contributed by atoms with Gasteiger partial charge in [-0.05, 0) is 35.0 Å². The summed E-state index contributed by atoms with van der Waals surface area (Å²) in [6.07, 6.45) is 0.468. The zero-order valence-electron chi connectivity index (χ0n) is 7.92. The summed E-state index contributed by atoms with van der Waals surface area (Å²) in [5.41, 5.74) is 0.0944. The standard InChI is InChI=1S/C10H8BrFO3/c1-2-15-10(14)8-4-7(12)3-6(5-13)9(8)11/h3-5H,2H2,1H3. The molecule has 0 aliphatic heterocycles. The molecule has 3 nitrogen and oxygen atoms in total. The van der Waals surface area contributed by atoms with Gasteiger partial charge in [0.25, 0.3) is 0 Å². The van der Waals surface area contributed by atoms with Gasteiger partial charge in [0, 0.05) is 10.0 Å². The predicted molar refractivity (Wildman–Crippen MR) is 55.4 cm³/mol. The lowest BCUT2D eigenvalue weighted by molar-refractivity contribution is 0.0524. The summed E-state index contributed by atoms with van der Waals surface area (Å²) < 4.78 is 18.0. The van der Waals surface area contributed by atoms with Crippen molar-refractivity contribution in [3.8, 4) is 0 Å². The molecule has 0 N–H and O–H groups in total. The Hall–Kier alpha value is -1.23. The Morgan fingerprint density at radius 1 is 1.60 bits per heavy atom. The largest absolute Gasteiger partial charge is 0.462 e. The first kappa shape index (κ1) is 11.8. The van der Waals surface area contributed by atoms with Gasteiger partial charge in [-0.2, -0.15) is 0 Å². The first-order valence-corrected chi connectivity index (χ1v) is 5.00. The number of esters is 1. The van der Waals surface area contributed by atoms with Crippen LogP contribution in [0.3, 0.4) is 0 Å². The minimum Gasteiger partial charge on any atom is -0.462 e. The monoisotopic (exact) mass is 274 g/mol. The maximum absolute atomic E-state index is 13.0. The first-order valence-electron chi connectivity index (χ1n) is 4.21. The van der Waals surface area contributed by atoms with Gasteiger partial charge in [0.1, 0.15) is 5.82 Å². The van der Waals surface area contributed by atoms with Crippen LogP contribution in [0.2, 0.25) is 0 Å². The van der Waals surface area contributed by atoms with Gasteiger partial charge in [0.05, 0.1) is 12.2 Å². The number of hydrogen-bond donors (Lipinski definition) is 0.